The zero-order valence-electron chi connectivity index (χ0n) is 11.3. The van der Waals surface area contributed by atoms with E-state index in [1.165, 1.54) is 23.5 Å². The van der Waals surface area contributed by atoms with E-state index in [9.17, 15) is 0 Å². The van der Waals surface area contributed by atoms with E-state index < -0.39 is 0 Å². The van der Waals surface area contributed by atoms with Crippen molar-refractivity contribution < 1.29 is 0 Å². The van der Waals surface area contributed by atoms with E-state index >= 15 is 0 Å². The number of nitrogens with one attached hydrogen (secondary N) is 1. The number of thioether (sulfide) groups is 1. The van der Waals surface area contributed by atoms with Crippen molar-refractivity contribution in [3.05, 3.63) is 30.3 Å². The Bertz CT molecular complexity index is 284. The van der Waals surface area contributed by atoms with Crippen LogP contribution < -0.4 is 5.32 Å². The van der Waals surface area contributed by atoms with Gasteiger partial charge in [-0.1, -0.05) is 39.0 Å². The van der Waals surface area contributed by atoms with Crippen molar-refractivity contribution in [3.63, 3.8) is 0 Å². The standard InChI is InChI=1S/C15H25NS/c1-4-16-15(13(2)3)11-8-12-17-14-9-6-5-7-10-14/h5-7,9-10,13,15-16H,4,8,11-12H2,1-3H3. The van der Waals surface area contributed by atoms with Gasteiger partial charge in [-0.25, -0.2) is 0 Å². The van der Waals surface area contributed by atoms with Crippen molar-refractivity contribution >= 4 is 11.8 Å². The third-order valence-corrected chi connectivity index (χ3v) is 4.04. The van der Waals surface area contributed by atoms with Gasteiger partial charge in [-0.3, -0.25) is 0 Å². The van der Waals surface area contributed by atoms with Gasteiger partial charge in [0.15, 0.2) is 0 Å². The molecule has 0 aromatic heterocycles. The molecule has 1 aromatic rings. The summed E-state index contributed by atoms with van der Waals surface area (Å²) in [6.45, 7) is 7.87. The van der Waals surface area contributed by atoms with Gasteiger partial charge in [0.25, 0.3) is 0 Å². The van der Waals surface area contributed by atoms with Crippen LogP contribution in [-0.2, 0) is 0 Å². The fourth-order valence-corrected chi connectivity index (χ4v) is 2.84. The molecule has 1 rings (SSSR count). The first-order chi connectivity index (χ1) is 8.24. The van der Waals surface area contributed by atoms with E-state index in [0.29, 0.717) is 6.04 Å². The van der Waals surface area contributed by atoms with E-state index in [4.69, 9.17) is 0 Å². The van der Waals surface area contributed by atoms with Gasteiger partial charge in [-0.05, 0) is 43.2 Å². The molecule has 0 saturated carbocycles. The molecule has 0 radical (unpaired) electrons. The molecule has 1 aromatic carbocycles. The van der Waals surface area contributed by atoms with E-state index in [2.05, 4.69) is 56.4 Å². The highest BCUT2D eigenvalue weighted by atomic mass is 32.2. The fraction of sp³-hybridized carbons (Fsp3) is 0.600. The van der Waals surface area contributed by atoms with Crippen molar-refractivity contribution in [1.82, 2.24) is 5.32 Å². The van der Waals surface area contributed by atoms with Crippen molar-refractivity contribution in [3.8, 4) is 0 Å². The van der Waals surface area contributed by atoms with Gasteiger partial charge in [0, 0.05) is 10.9 Å². The lowest BCUT2D eigenvalue weighted by Crippen LogP contribution is -2.33. The molecule has 0 saturated heterocycles. The summed E-state index contributed by atoms with van der Waals surface area (Å²) in [5.74, 6) is 1.95. The second-order valence-corrected chi connectivity index (χ2v) is 5.88. The Morgan fingerprint density at radius 2 is 1.88 bits per heavy atom. The molecule has 0 aliphatic rings. The minimum Gasteiger partial charge on any atom is -0.314 e. The SMILES string of the molecule is CCNC(CCCSc1ccccc1)C(C)C. The number of hydrogen-bond acceptors (Lipinski definition) is 2. The highest BCUT2D eigenvalue weighted by molar-refractivity contribution is 7.99. The van der Waals surface area contributed by atoms with Crippen LogP contribution >= 0.6 is 11.8 Å². The Balaban J connectivity index is 2.18. The van der Waals surface area contributed by atoms with Crippen molar-refractivity contribution in [2.24, 2.45) is 5.92 Å². The van der Waals surface area contributed by atoms with Crippen LogP contribution in [0.3, 0.4) is 0 Å². The molecule has 0 heterocycles. The highest BCUT2D eigenvalue weighted by Crippen LogP contribution is 2.19. The smallest absolute Gasteiger partial charge is 0.00902 e. The van der Waals surface area contributed by atoms with Crippen LogP contribution in [0, 0.1) is 5.92 Å². The lowest BCUT2D eigenvalue weighted by atomic mass is 10.00. The molecule has 96 valence electrons. The molecule has 17 heavy (non-hydrogen) atoms. The predicted octanol–water partition coefficient (Wildman–Crippen LogP) is 4.19. The largest absolute Gasteiger partial charge is 0.314 e. The molecule has 1 N–H and O–H groups in total. The maximum absolute atomic E-state index is 3.57. The molecule has 0 spiro atoms. The van der Waals surface area contributed by atoms with Crippen LogP contribution in [-0.4, -0.2) is 18.3 Å². The summed E-state index contributed by atoms with van der Waals surface area (Å²) in [6.07, 6.45) is 2.57. The highest BCUT2D eigenvalue weighted by Gasteiger charge is 2.10. The fourth-order valence-electron chi connectivity index (χ4n) is 1.94. The minimum atomic E-state index is 0.677. The first kappa shape index (κ1) is 14.6. The first-order valence-corrected chi connectivity index (χ1v) is 7.63. The first-order valence-electron chi connectivity index (χ1n) is 6.65. The molecule has 0 fully saturated rings. The van der Waals surface area contributed by atoms with Crippen LogP contribution in [0.5, 0.6) is 0 Å². The average molecular weight is 251 g/mol. The molecule has 1 unspecified atom stereocenters. The maximum Gasteiger partial charge on any atom is 0.00902 e. The van der Waals surface area contributed by atoms with Crippen molar-refractivity contribution in [2.75, 3.05) is 12.3 Å². The average Bonchev–Trinajstić information content (AvgIpc) is 2.34. The summed E-state index contributed by atoms with van der Waals surface area (Å²) in [5, 5.41) is 3.57. The zero-order chi connectivity index (χ0) is 12.5. The van der Waals surface area contributed by atoms with Gasteiger partial charge in [-0.2, -0.15) is 0 Å². The number of rotatable bonds is 8. The Morgan fingerprint density at radius 1 is 1.18 bits per heavy atom. The molecule has 0 bridgehead atoms. The summed E-state index contributed by atoms with van der Waals surface area (Å²) in [5.41, 5.74) is 0. The Labute approximate surface area is 110 Å². The monoisotopic (exact) mass is 251 g/mol. The summed E-state index contributed by atoms with van der Waals surface area (Å²) in [6, 6.07) is 11.3. The van der Waals surface area contributed by atoms with Gasteiger partial charge < -0.3 is 5.32 Å². The third-order valence-electron chi connectivity index (χ3n) is 2.94. The number of benzene rings is 1. The molecule has 0 aliphatic heterocycles. The third kappa shape index (κ3) is 6.13. The maximum atomic E-state index is 3.57. The van der Waals surface area contributed by atoms with Crippen molar-refractivity contribution in [2.45, 2.75) is 44.6 Å². The van der Waals surface area contributed by atoms with Gasteiger partial charge in [0.2, 0.25) is 0 Å². The summed E-state index contributed by atoms with van der Waals surface area (Å²) >= 11 is 1.96. The quantitative estimate of drug-likeness (QED) is 0.549. The molecule has 1 nitrogen and oxygen atoms in total. The normalized spacial score (nSPS) is 12.9. The molecule has 0 aliphatic carbocycles. The van der Waals surface area contributed by atoms with E-state index in [1.807, 2.05) is 11.8 Å². The van der Waals surface area contributed by atoms with E-state index in [-0.39, 0.29) is 0 Å². The molecule has 0 amide bonds. The van der Waals surface area contributed by atoms with Crippen LogP contribution in [0.15, 0.2) is 35.2 Å². The van der Waals surface area contributed by atoms with Gasteiger partial charge in [0.1, 0.15) is 0 Å². The topological polar surface area (TPSA) is 12.0 Å². The van der Waals surface area contributed by atoms with Crippen LogP contribution in [0.25, 0.3) is 0 Å². The van der Waals surface area contributed by atoms with Crippen LogP contribution in [0.2, 0.25) is 0 Å². The minimum absolute atomic E-state index is 0.677. The molecular weight excluding hydrogens is 226 g/mol. The predicted molar refractivity (Wildman–Crippen MR) is 78.7 cm³/mol. The Hall–Kier alpha value is -0.470. The van der Waals surface area contributed by atoms with Gasteiger partial charge >= 0.3 is 0 Å². The second-order valence-electron chi connectivity index (χ2n) is 4.71. The Kier molecular flexibility index (Phi) is 7.38. The summed E-state index contributed by atoms with van der Waals surface area (Å²) < 4.78 is 0. The van der Waals surface area contributed by atoms with Gasteiger partial charge in [-0.15, -0.1) is 11.8 Å². The summed E-state index contributed by atoms with van der Waals surface area (Å²) in [7, 11) is 0. The lowest BCUT2D eigenvalue weighted by molar-refractivity contribution is 0.383. The molecule has 1 atom stereocenters. The number of hydrogen-bond donors (Lipinski definition) is 1. The second kappa shape index (κ2) is 8.60. The Morgan fingerprint density at radius 3 is 2.47 bits per heavy atom. The van der Waals surface area contributed by atoms with E-state index in [1.54, 1.807) is 0 Å². The van der Waals surface area contributed by atoms with E-state index in [0.717, 1.165) is 12.5 Å². The molecule has 2 heteroatoms. The molecular formula is C15H25NS. The lowest BCUT2D eigenvalue weighted by Gasteiger charge is -2.21. The van der Waals surface area contributed by atoms with Gasteiger partial charge in [0.05, 0.1) is 0 Å². The van der Waals surface area contributed by atoms with Crippen LogP contribution in [0.4, 0.5) is 0 Å². The summed E-state index contributed by atoms with van der Waals surface area (Å²) in [4.78, 5) is 1.39. The van der Waals surface area contributed by atoms with Crippen LogP contribution in [0.1, 0.15) is 33.6 Å². The van der Waals surface area contributed by atoms with Crippen molar-refractivity contribution in [1.29, 1.82) is 0 Å². The zero-order valence-corrected chi connectivity index (χ0v) is 12.1.